The maximum Gasteiger partial charge on any atom is 0.169 e. The number of carbonyl (C=O) groups is 1. The van der Waals surface area contributed by atoms with Crippen LogP contribution in [0.1, 0.15) is 27.7 Å². The van der Waals surface area contributed by atoms with E-state index in [1.165, 1.54) is 16.9 Å². The number of aromatic nitrogens is 5. The highest BCUT2D eigenvalue weighted by molar-refractivity contribution is 7.17. The number of thiophene rings is 1. The van der Waals surface area contributed by atoms with Gasteiger partial charge in [0.2, 0.25) is 0 Å². The lowest BCUT2D eigenvalue weighted by molar-refractivity contribution is 0.102. The fourth-order valence-corrected chi connectivity index (χ4v) is 6.03. The van der Waals surface area contributed by atoms with Crippen molar-refractivity contribution in [3.05, 3.63) is 113 Å². The Labute approximate surface area is 240 Å². The molecule has 0 aliphatic rings. The molecule has 8 heteroatoms. The highest BCUT2D eigenvalue weighted by atomic mass is 32.1. The van der Waals surface area contributed by atoms with Crippen LogP contribution in [-0.4, -0.2) is 30.9 Å². The van der Waals surface area contributed by atoms with E-state index in [9.17, 15) is 4.79 Å². The molecule has 2 aromatic carbocycles. The SMILES string of the molecule is CC(=O)c1ccc(-c2cccc3[nH]c(-c4n[nH]c5ccc(-c6cncc(CNCc7ccccc7)c6)nc45)cc23)s1. The van der Waals surface area contributed by atoms with Crippen molar-refractivity contribution < 1.29 is 4.79 Å². The van der Waals surface area contributed by atoms with Gasteiger partial charge < -0.3 is 10.3 Å². The highest BCUT2D eigenvalue weighted by Gasteiger charge is 2.16. The van der Waals surface area contributed by atoms with Crippen molar-refractivity contribution in [3.8, 4) is 33.1 Å². The Kier molecular flexibility index (Phi) is 6.47. The lowest BCUT2D eigenvalue weighted by Crippen LogP contribution is -2.12. The van der Waals surface area contributed by atoms with Gasteiger partial charge in [-0.2, -0.15) is 5.10 Å². The Morgan fingerprint density at radius 3 is 2.61 bits per heavy atom. The van der Waals surface area contributed by atoms with Gasteiger partial charge in [0.1, 0.15) is 11.2 Å². The van der Waals surface area contributed by atoms with Crippen molar-refractivity contribution in [2.24, 2.45) is 0 Å². The van der Waals surface area contributed by atoms with Gasteiger partial charge in [-0.1, -0.05) is 42.5 Å². The van der Waals surface area contributed by atoms with E-state index in [2.05, 4.69) is 74.0 Å². The Balaban J connectivity index is 1.19. The summed E-state index contributed by atoms with van der Waals surface area (Å²) < 4.78 is 0. The predicted octanol–water partition coefficient (Wildman–Crippen LogP) is 7.39. The molecule has 0 amide bonds. The molecule has 7 nitrogen and oxygen atoms in total. The van der Waals surface area contributed by atoms with E-state index < -0.39 is 0 Å². The van der Waals surface area contributed by atoms with Crippen molar-refractivity contribution in [1.82, 2.24) is 30.5 Å². The Morgan fingerprint density at radius 2 is 1.76 bits per heavy atom. The van der Waals surface area contributed by atoms with Gasteiger partial charge in [0.25, 0.3) is 0 Å². The summed E-state index contributed by atoms with van der Waals surface area (Å²) in [7, 11) is 0. The van der Waals surface area contributed by atoms with Crippen LogP contribution < -0.4 is 5.32 Å². The number of hydrogen-bond acceptors (Lipinski definition) is 6. The van der Waals surface area contributed by atoms with Gasteiger partial charge in [0.05, 0.1) is 21.8 Å². The molecule has 0 fully saturated rings. The zero-order chi connectivity index (χ0) is 27.8. The van der Waals surface area contributed by atoms with Gasteiger partial charge in [-0.05, 0) is 60.5 Å². The van der Waals surface area contributed by atoms with Crippen molar-refractivity contribution in [3.63, 3.8) is 0 Å². The van der Waals surface area contributed by atoms with Crippen molar-refractivity contribution in [2.45, 2.75) is 20.0 Å². The molecule has 7 rings (SSSR count). The molecule has 0 unspecified atom stereocenters. The third-order valence-electron chi connectivity index (χ3n) is 7.14. The number of fused-ring (bicyclic) bond motifs is 2. The van der Waals surface area contributed by atoms with Gasteiger partial charge in [0, 0.05) is 52.4 Å². The number of ketones is 1. The zero-order valence-corrected chi connectivity index (χ0v) is 23.1. The monoisotopic (exact) mass is 554 g/mol. The average Bonchev–Trinajstić information content (AvgIpc) is 3.76. The van der Waals surface area contributed by atoms with E-state index in [4.69, 9.17) is 4.98 Å². The van der Waals surface area contributed by atoms with Gasteiger partial charge in [0.15, 0.2) is 5.78 Å². The molecule has 3 N–H and O–H groups in total. The smallest absolute Gasteiger partial charge is 0.169 e. The molecular weight excluding hydrogens is 528 g/mol. The van der Waals surface area contributed by atoms with Crippen LogP contribution in [0.3, 0.4) is 0 Å². The standard InChI is InChI=1S/C33H26N6OS/c1-20(40)30-12-13-31(41-30)24-8-5-9-27-25(24)15-29(36-27)33-32-28(38-39-33)11-10-26(37-32)23-14-22(18-35-19-23)17-34-16-21-6-3-2-4-7-21/h2-15,18-19,34,36H,16-17H2,1H3,(H,38,39). The van der Waals surface area contributed by atoms with E-state index in [0.29, 0.717) is 6.54 Å². The molecule has 7 aromatic rings. The first kappa shape index (κ1) is 25.1. The van der Waals surface area contributed by atoms with Gasteiger partial charge >= 0.3 is 0 Å². The number of carbonyl (C=O) groups excluding carboxylic acids is 1. The third-order valence-corrected chi connectivity index (χ3v) is 8.36. The minimum Gasteiger partial charge on any atom is -0.353 e. The first-order valence-electron chi connectivity index (χ1n) is 13.4. The Bertz CT molecular complexity index is 2020. The van der Waals surface area contributed by atoms with Crippen LogP contribution in [0.15, 0.2) is 97.3 Å². The molecule has 0 saturated heterocycles. The first-order chi connectivity index (χ1) is 20.1. The number of benzene rings is 2. The maximum absolute atomic E-state index is 11.9. The molecule has 0 bridgehead atoms. The number of aromatic amines is 2. The highest BCUT2D eigenvalue weighted by Crippen LogP contribution is 2.37. The summed E-state index contributed by atoms with van der Waals surface area (Å²) in [4.78, 5) is 26.7. The molecular formula is C33H26N6OS. The minimum atomic E-state index is 0.0808. The molecule has 5 aromatic heterocycles. The molecule has 200 valence electrons. The fraction of sp³-hybridized carbons (Fsp3) is 0.0909. The Hall–Kier alpha value is -4.92. The quantitative estimate of drug-likeness (QED) is 0.170. The number of H-pyrrole nitrogens is 2. The summed E-state index contributed by atoms with van der Waals surface area (Å²) >= 11 is 1.51. The summed E-state index contributed by atoms with van der Waals surface area (Å²) in [6.45, 7) is 3.11. The van der Waals surface area contributed by atoms with E-state index in [0.717, 1.165) is 72.0 Å². The van der Waals surface area contributed by atoms with Crippen LogP contribution >= 0.6 is 11.3 Å². The van der Waals surface area contributed by atoms with Gasteiger partial charge in [-0.3, -0.25) is 14.9 Å². The normalized spacial score (nSPS) is 11.4. The summed E-state index contributed by atoms with van der Waals surface area (Å²) in [5.74, 6) is 0.0808. The third kappa shape index (κ3) is 4.95. The molecule has 0 radical (unpaired) electrons. The topological polar surface area (TPSA) is 99.4 Å². The zero-order valence-electron chi connectivity index (χ0n) is 22.3. The van der Waals surface area contributed by atoms with Crippen molar-refractivity contribution in [1.29, 1.82) is 0 Å². The second-order valence-corrected chi connectivity index (χ2v) is 11.1. The molecule has 0 atom stereocenters. The molecule has 0 spiro atoms. The van der Waals surface area contributed by atoms with E-state index >= 15 is 0 Å². The molecule has 5 heterocycles. The van der Waals surface area contributed by atoms with Crippen LogP contribution in [-0.2, 0) is 13.1 Å². The summed E-state index contributed by atoms with van der Waals surface area (Å²) in [6.07, 6.45) is 3.73. The average molecular weight is 555 g/mol. The van der Waals surface area contributed by atoms with Gasteiger partial charge in [-0.15, -0.1) is 11.3 Å². The van der Waals surface area contributed by atoms with E-state index in [1.54, 1.807) is 6.92 Å². The lowest BCUT2D eigenvalue weighted by atomic mass is 10.1. The van der Waals surface area contributed by atoms with E-state index in [-0.39, 0.29) is 5.78 Å². The molecule has 0 saturated carbocycles. The summed E-state index contributed by atoms with van der Waals surface area (Å²) in [6, 6.07) is 28.7. The summed E-state index contributed by atoms with van der Waals surface area (Å²) in [5.41, 5.74) is 9.51. The number of Topliss-reactive ketones (excluding diaryl/α,β-unsaturated/α-hetero) is 1. The molecule has 0 aliphatic heterocycles. The van der Waals surface area contributed by atoms with E-state index in [1.807, 2.05) is 48.8 Å². The fourth-order valence-electron chi connectivity index (χ4n) is 5.09. The first-order valence-corrected chi connectivity index (χ1v) is 14.2. The van der Waals surface area contributed by atoms with Gasteiger partial charge in [-0.25, -0.2) is 4.98 Å². The number of pyridine rings is 2. The number of hydrogen-bond donors (Lipinski definition) is 3. The lowest BCUT2D eigenvalue weighted by Gasteiger charge is -2.07. The second kappa shape index (κ2) is 10.6. The van der Waals surface area contributed by atoms with Crippen LogP contribution in [0.2, 0.25) is 0 Å². The predicted molar refractivity (Wildman–Crippen MR) is 165 cm³/mol. The second-order valence-electron chi connectivity index (χ2n) is 10.0. The largest absolute Gasteiger partial charge is 0.353 e. The van der Waals surface area contributed by atoms with Crippen LogP contribution in [0.5, 0.6) is 0 Å². The van der Waals surface area contributed by atoms with Crippen LogP contribution in [0.4, 0.5) is 0 Å². The minimum absolute atomic E-state index is 0.0808. The molecule has 41 heavy (non-hydrogen) atoms. The van der Waals surface area contributed by atoms with Crippen LogP contribution in [0, 0.1) is 0 Å². The number of rotatable bonds is 8. The van der Waals surface area contributed by atoms with Crippen molar-refractivity contribution in [2.75, 3.05) is 0 Å². The summed E-state index contributed by atoms with van der Waals surface area (Å²) in [5, 5.41) is 12.3. The number of nitrogens with zero attached hydrogens (tertiary/aromatic N) is 3. The maximum atomic E-state index is 11.9. The Morgan fingerprint density at radius 1 is 0.878 bits per heavy atom. The molecule has 0 aliphatic carbocycles. The van der Waals surface area contributed by atoms with Crippen molar-refractivity contribution >= 4 is 39.1 Å². The number of nitrogens with one attached hydrogen (secondary N) is 3. The van der Waals surface area contributed by atoms with Crippen LogP contribution in [0.25, 0.3) is 55.0 Å².